The minimum Gasteiger partial charge on any atom is -0.442 e. The minimum atomic E-state index is -0.480. The maximum absolute atomic E-state index is 9.67. The van der Waals surface area contributed by atoms with E-state index in [1.807, 2.05) is 25.1 Å². The van der Waals surface area contributed by atoms with Gasteiger partial charge in [0.15, 0.2) is 12.2 Å². The summed E-state index contributed by atoms with van der Waals surface area (Å²) in [5, 5.41) is 27.4. The van der Waals surface area contributed by atoms with E-state index in [-0.39, 0.29) is 5.92 Å². The predicted octanol–water partition coefficient (Wildman–Crippen LogP) is 3.71. The van der Waals surface area contributed by atoms with Crippen LogP contribution in [0.4, 0.5) is 0 Å². The van der Waals surface area contributed by atoms with Crippen molar-refractivity contribution in [3.8, 4) is 23.6 Å². The van der Waals surface area contributed by atoms with E-state index in [0.717, 1.165) is 22.2 Å². The number of benzene rings is 1. The molecule has 2 atom stereocenters. The van der Waals surface area contributed by atoms with Crippen molar-refractivity contribution in [1.29, 1.82) is 10.5 Å². The fraction of sp³-hybridized carbons (Fsp3) is 0.211. The lowest BCUT2D eigenvalue weighted by atomic mass is 9.76. The number of nitrogens with zero attached hydrogens (tertiary/aromatic N) is 5. The molecule has 0 saturated heterocycles. The quantitative estimate of drug-likeness (QED) is 0.762. The molecule has 126 valence electrons. The molecule has 1 aliphatic rings. The molecule has 0 amide bonds. The molecular weight excluding hydrogens is 328 g/mol. The number of fused-ring (bicyclic) bond motifs is 1. The molecule has 1 aromatic carbocycles. The standard InChI is InChI=1S/C19H14N6O/c1-10-14(6-20)18(15(7-21)11(2)23-10)12-3-4-16-13(5-12)19(25-24-16)17-8-22-9-26-17/h3-5,8-9,14,18H,1-2H3,(H,24,25). The van der Waals surface area contributed by atoms with Gasteiger partial charge in [-0.2, -0.15) is 15.6 Å². The van der Waals surface area contributed by atoms with Gasteiger partial charge in [-0.25, -0.2) is 4.98 Å². The first-order valence-electron chi connectivity index (χ1n) is 8.06. The first-order chi connectivity index (χ1) is 12.6. The smallest absolute Gasteiger partial charge is 0.181 e. The highest BCUT2D eigenvalue weighted by Gasteiger charge is 2.34. The van der Waals surface area contributed by atoms with Crippen LogP contribution in [0, 0.1) is 28.6 Å². The number of hydrogen-bond acceptors (Lipinski definition) is 6. The molecule has 26 heavy (non-hydrogen) atoms. The Bertz CT molecular complexity index is 1140. The molecule has 4 rings (SSSR count). The largest absolute Gasteiger partial charge is 0.442 e. The lowest BCUT2D eigenvalue weighted by molar-refractivity contribution is 0.570. The van der Waals surface area contributed by atoms with Crippen LogP contribution in [0.1, 0.15) is 25.3 Å². The van der Waals surface area contributed by atoms with E-state index in [1.165, 1.54) is 6.39 Å². The molecule has 0 saturated carbocycles. The van der Waals surface area contributed by atoms with E-state index in [9.17, 15) is 10.5 Å². The molecule has 7 nitrogen and oxygen atoms in total. The van der Waals surface area contributed by atoms with Crippen LogP contribution in [-0.2, 0) is 0 Å². The van der Waals surface area contributed by atoms with Gasteiger partial charge in [0.1, 0.15) is 5.69 Å². The Kier molecular flexibility index (Phi) is 3.63. The highest BCUT2D eigenvalue weighted by Crippen LogP contribution is 2.39. The second-order valence-electron chi connectivity index (χ2n) is 6.19. The van der Waals surface area contributed by atoms with Gasteiger partial charge in [-0.3, -0.25) is 10.1 Å². The number of aromatic nitrogens is 3. The number of nitriles is 2. The lowest BCUT2D eigenvalue weighted by Gasteiger charge is -2.26. The third-order valence-electron chi connectivity index (χ3n) is 4.70. The lowest BCUT2D eigenvalue weighted by Crippen LogP contribution is -2.24. The van der Waals surface area contributed by atoms with Gasteiger partial charge in [0, 0.05) is 17.0 Å². The summed E-state index contributed by atoms with van der Waals surface area (Å²) in [7, 11) is 0. The molecule has 0 bridgehead atoms. The average molecular weight is 342 g/mol. The van der Waals surface area contributed by atoms with Gasteiger partial charge in [0.25, 0.3) is 0 Å². The van der Waals surface area contributed by atoms with Crippen molar-refractivity contribution in [3.05, 3.63) is 47.6 Å². The third kappa shape index (κ3) is 2.30. The molecule has 0 radical (unpaired) electrons. The summed E-state index contributed by atoms with van der Waals surface area (Å²) in [6.07, 6.45) is 2.95. The Labute approximate surface area is 149 Å². The van der Waals surface area contributed by atoms with Gasteiger partial charge in [0.2, 0.25) is 0 Å². The van der Waals surface area contributed by atoms with E-state index < -0.39 is 5.92 Å². The number of rotatable bonds is 2. The Morgan fingerprint density at radius 3 is 2.77 bits per heavy atom. The molecule has 1 aliphatic heterocycles. The van der Waals surface area contributed by atoms with E-state index in [2.05, 4.69) is 32.3 Å². The van der Waals surface area contributed by atoms with Crippen LogP contribution in [0.3, 0.4) is 0 Å². The van der Waals surface area contributed by atoms with Crippen molar-refractivity contribution in [2.75, 3.05) is 0 Å². The first-order valence-corrected chi connectivity index (χ1v) is 8.06. The molecule has 0 spiro atoms. The zero-order valence-electron chi connectivity index (χ0n) is 14.2. The molecule has 0 fully saturated rings. The van der Waals surface area contributed by atoms with Crippen molar-refractivity contribution < 1.29 is 4.42 Å². The molecule has 3 aromatic rings. The van der Waals surface area contributed by atoms with E-state index in [1.54, 1.807) is 13.1 Å². The van der Waals surface area contributed by atoms with Crippen LogP contribution in [0.25, 0.3) is 22.4 Å². The SMILES string of the molecule is CC1=NC(C)=C(C#N)C(c2ccc3[nH]nc(-c4cnco4)c3c2)C1C#N. The van der Waals surface area contributed by atoms with Crippen LogP contribution < -0.4 is 0 Å². The number of aliphatic imine (C=N–C) groups is 1. The number of aromatic amines is 1. The molecule has 2 unspecified atom stereocenters. The van der Waals surface area contributed by atoms with Crippen molar-refractivity contribution in [1.82, 2.24) is 15.2 Å². The zero-order valence-corrected chi connectivity index (χ0v) is 14.2. The molecule has 1 N–H and O–H groups in total. The van der Waals surface area contributed by atoms with Crippen molar-refractivity contribution in [2.45, 2.75) is 19.8 Å². The van der Waals surface area contributed by atoms with E-state index in [4.69, 9.17) is 4.42 Å². The predicted molar refractivity (Wildman–Crippen MR) is 94.9 cm³/mol. The van der Waals surface area contributed by atoms with Crippen LogP contribution in [0.2, 0.25) is 0 Å². The summed E-state index contributed by atoms with van der Waals surface area (Å²) >= 11 is 0. The van der Waals surface area contributed by atoms with Gasteiger partial charge in [-0.1, -0.05) is 6.07 Å². The molecule has 0 aliphatic carbocycles. The average Bonchev–Trinajstić information content (AvgIpc) is 3.29. The van der Waals surface area contributed by atoms with Gasteiger partial charge >= 0.3 is 0 Å². The second-order valence-corrected chi connectivity index (χ2v) is 6.19. The maximum atomic E-state index is 9.67. The molecule has 7 heteroatoms. The van der Waals surface area contributed by atoms with Crippen LogP contribution >= 0.6 is 0 Å². The topological polar surface area (TPSA) is 115 Å². The monoisotopic (exact) mass is 342 g/mol. The highest BCUT2D eigenvalue weighted by molar-refractivity contribution is 5.93. The summed E-state index contributed by atoms with van der Waals surface area (Å²) in [6.45, 7) is 3.63. The Morgan fingerprint density at radius 2 is 2.08 bits per heavy atom. The fourth-order valence-electron chi connectivity index (χ4n) is 3.45. The Hall–Kier alpha value is -3.71. The summed E-state index contributed by atoms with van der Waals surface area (Å²) in [5.41, 5.74) is 4.26. The molecule has 3 heterocycles. The summed E-state index contributed by atoms with van der Waals surface area (Å²) in [5.74, 6) is -0.283. The highest BCUT2D eigenvalue weighted by atomic mass is 16.3. The van der Waals surface area contributed by atoms with Crippen molar-refractivity contribution >= 4 is 16.6 Å². The number of H-pyrrole nitrogens is 1. The van der Waals surface area contributed by atoms with E-state index in [0.29, 0.717) is 22.7 Å². The molecular formula is C19H14N6O. The summed E-state index contributed by atoms with van der Waals surface area (Å²) in [4.78, 5) is 8.32. The van der Waals surface area contributed by atoms with Crippen molar-refractivity contribution in [3.63, 3.8) is 0 Å². The number of oxazole rings is 1. The first kappa shape index (κ1) is 15.8. The second kappa shape index (κ2) is 5.98. The minimum absolute atomic E-state index is 0.357. The third-order valence-corrected chi connectivity index (χ3v) is 4.70. The van der Waals surface area contributed by atoms with Gasteiger partial charge in [-0.15, -0.1) is 0 Å². The summed E-state index contributed by atoms with van der Waals surface area (Å²) in [6, 6.07) is 10.3. The van der Waals surface area contributed by atoms with Crippen LogP contribution in [0.5, 0.6) is 0 Å². The van der Waals surface area contributed by atoms with Crippen LogP contribution in [0.15, 0.2) is 51.5 Å². The fourth-order valence-corrected chi connectivity index (χ4v) is 3.45. The van der Waals surface area contributed by atoms with Gasteiger partial charge < -0.3 is 4.42 Å². The van der Waals surface area contributed by atoms with Gasteiger partial charge in [-0.05, 0) is 31.5 Å². The number of hydrogen-bond donors (Lipinski definition) is 1. The van der Waals surface area contributed by atoms with Crippen LogP contribution in [-0.4, -0.2) is 20.9 Å². The van der Waals surface area contributed by atoms with Crippen molar-refractivity contribution in [2.24, 2.45) is 10.9 Å². The maximum Gasteiger partial charge on any atom is 0.181 e. The number of nitrogens with one attached hydrogen (secondary N) is 1. The zero-order chi connectivity index (χ0) is 18.3. The van der Waals surface area contributed by atoms with E-state index >= 15 is 0 Å². The Morgan fingerprint density at radius 1 is 1.23 bits per heavy atom. The molecule has 2 aromatic heterocycles. The normalized spacial score (nSPS) is 19.9. The summed E-state index contributed by atoms with van der Waals surface area (Å²) < 4.78 is 5.36. The van der Waals surface area contributed by atoms with Gasteiger partial charge in [0.05, 0.1) is 41.0 Å². The number of allylic oxidation sites excluding steroid dienone is 2. The Balaban J connectivity index is 1.91.